The number of hydrogen-bond donors (Lipinski definition) is 3. The first-order valence-electron chi connectivity index (χ1n) is 2.70. The fraction of sp³-hybridized carbons (Fsp3) is 1.00. The van der Waals surface area contributed by atoms with Crippen LogP contribution in [0.25, 0.3) is 0 Å². The van der Waals surface area contributed by atoms with Gasteiger partial charge < -0.3 is 5.32 Å². The summed E-state index contributed by atoms with van der Waals surface area (Å²) in [6.07, 6.45) is 0. The predicted molar refractivity (Wildman–Crippen MR) is 36.3 cm³/mol. The van der Waals surface area contributed by atoms with Crippen molar-refractivity contribution in [3.63, 3.8) is 0 Å². The van der Waals surface area contributed by atoms with Gasteiger partial charge in [0.15, 0.2) is 0 Å². The van der Waals surface area contributed by atoms with E-state index in [1.54, 1.807) is 0 Å². The lowest BCUT2D eigenvalue weighted by Gasteiger charge is -1.86. The van der Waals surface area contributed by atoms with E-state index in [2.05, 4.69) is 19.2 Å². The highest BCUT2D eigenvalue weighted by Gasteiger charge is 1.93. The lowest BCUT2D eigenvalue weighted by atomic mass is 10.7. The van der Waals surface area contributed by atoms with Crippen LogP contribution in [0.1, 0.15) is 13.8 Å². The highest BCUT2D eigenvalue weighted by molar-refractivity contribution is 7.30. The van der Waals surface area contributed by atoms with Gasteiger partial charge in [0, 0.05) is 4.57 Å². The van der Waals surface area contributed by atoms with E-state index >= 15 is 0 Å². The molecule has 0 radical (unpaired) electrons. The van der Waals surface area contributed by atoms with E-state index in [-0.39, 0.29) is 0 Å². The molecule has 0 rings (SSSR count). The molecule has 0 saturated heterocycles. The Bertz CT molecular complexity index is 62.8. The highest BCUT2D eigenvalue weighted by atomic mass is 31.1. The van der Waals surface area contributed by atoms with Crippen LogP contribution < -0.4 is 5.32 Å². The van der Waals surface area contributed by atoms with Crippen molar-refractivity contribution in [1.29, 1.82) is 0 Å². The summed E-state index contributed by atoms with van der Waals surface area (Å²) in [5.41, 5.74) is 0. The molecule has 0 fully saturated rings. The van der Waals surface area contributed by atoms with Crippen molar-refractivity contribution in [3.8, 4) is 0 Å². The van der Waals surface area contributed by atoms with Gasteiger partial charge in [-0.25, -0.2) is 0 Å². The van der Waals surface area contributed by atoms with E-state index in [4.69, 9.17) is 14.4 Å². The fourth-order valence-corrected chi connectivity index (χ4v) is 0.250. The molecule has 0 spiro atoms. The summed E-state index contributed by atoms with van der Waals surface area (Å²) in [5, 5.41) is 3.11. The van der Waals surface area contributed by atoms with E-state index in [1.165, 1.54) is 0 Å². The molecule has 0 amide bonds. The molecule has 56 valence electrons. The topological polar surface area (TPSA) is 69.6 Å². The number of rotatable bonds is 2. The van der Waals surface area contributed by atoms with Crippen LogP contribution in [0.3, 0.4) is 0 Å². The van der Waals surface area contributed by atoms with Gasteiger partial charge in [-0.05, 0) is 13.1 Å². The van der Waals surface area contributed by atoms with E-state index in [0.29, 0.717) is 0 Å². The minimum Gasteiger partial charge on any atom is -0.317 e. The second-order valence-corrected chi connectivity index (χ2v) is 1.72. The first-order valence-corrected chi connectivity index (χ1v) is 3.87. The first-order chi connectivity index (χ1) is 4.15. The first kappa shape index (κ1) is 11.7. The van der Waals surface area contributed by atoms with Crippen LogP contribution in [0, 0.1) is 0 Å². The van der Waals surface area contributed by atoms with Gasteiger partial charge >= 0.3 is 8.25 Å². The Kier molecular flexibility index (Phi) is 14.2. The molecule has 0 atom stereocenters. The molecular formula is C4H13NO3P+. The van der Waals surface area contributed by atoms with Gasteiger partial charge in [-0.15, -0.1) is 9.79 Å². The SMILES string of the molecule is CCNCC.O=[P+](O)O. The smallest absolute Gasteiger partial charge is 0.317 e. The van der Waals surface area contributed by atoms with E-state index < -0.39 is 8.25 Å². The van der Waals surface area contributed by atoms with E-state index in [0.717, 1.165) is 13.1 Å². The van der Waals surface area contributed by atoms with Crippen LogP contribution in [-0.2, 0) is 4.57 Å². The lowest BCUT2D eigenvalue weighted by Crippen LogP contribution is -2.09. The third kappa shape index (κ3) is 72.8. The quantitative estimate of drug-likeness (QED) is 0.498. The summed E-state index contributed by atoms with van der Waals surface area (Å²) < 4.78 is 8.70. The van der Waals surface area contributed by atoms with Crippen molar-refractivity contribution in [1.82, 2.24) is 5.32 Å². The zero-order valence-electron chi connectivity index (χ0n) is 5.66. The Hall–Kier alpha value is -0.0200. The van der Waals surface area contributed by atoms with Crippen molar-refractivity contribution in [2.75, 3.05) is 13.1 Å². The minimum atomic E-state index is -2.87. The molecule has 5 heteroatoms. The molecule has 0 unspecified atom stereocenters. The molecular weight excluding hydrogens is 141 g/mol. The maximum atomic E-state index is 8.70. The Morgan fingerprint density at radius 3 is 1.56 bits per heavy atom. The van der Waals surface area contributed by atoms with Gasteiger partial charge in [0.1, 0.15) is 0 Å². The van der Waals surface area contributed by atoms with Crippen molar-refractivity contribution in [3.05, 3.63) is 0 Å². The van der Waals surface area contributed by atoms with Crippen LogP contribution in [0.5, 0.6) is 0 Å². The molecule has 0 aromatic rings. The summed E-state index contributed by atoms with van der Waals surface area (Å²) in [7, 11) is -2.87. The van der Waals surface area contributed by atoms with Gasteiger partial charge in [-0.3, -0.25) is 0 Å². The summed E-state index contributed by atoms with van der Waals surface area (Å²) in [5.74, 6) is 0. The molecule has 0 aromatic carbocycles. The lowest BCUT2D eigenvalue weighted by molar-refractivity contribution is 0.405. The maximum absolute atomic E-state index is 8.70. The van der Waals surface area contributed by atoms with Gasteiger partial charge in [-0.2, -0.15) is 0 Å². The van der Waals surface area contributed by atoms with Crippen molar-refractivity contribution in [2.45, 2.75) is 13.8 Å². The minimum absolute atomic E-state index is 1.09. The Morgan fingerprint density at radius 2 is 1.56 bits per heavy atom. The second kappa shape index (κ2) is 10.9. The van der Waals surface area contributed by atoms with Crippen LogP contribution in [-0.4, -0.2) is 22.9 Å². The van der Waals surface area contributed by atoms with Crippen molar-refractivity contribution >= 4 is 8.25 Å². The molecule has 9 heavy (non-hydrogen) atoms. The van der Waals surface area contributed by atoms with Crippen LogP contribution in [0.15, 0.2) is 0 Å². The van der Waals surface area contributed by atoms with Gasteiger partial charge in [-0.1, -0.05) is 13.8 Å². The van der Waals surface area contributed by atoms with Gasteiger partial charge in [0.25, 0.3) is 0 Å². The van der Waals surface area contributed by atoms with E-state index in [1.807, 2.05) is 0 Å². The summed E-state index contributed by atoms with van der Waals surface area (Å²) in [6.45, 7) is 6.39. The summed E-state index contributed by atoms with van der Waals surface area (Å²) in [6, 6.07) is 0. The van der Waals surface area contributed by atoms with E-state index in [9.17, 15) is 0 Å². The summed E-state index contributed by atoms with van der Waals surface area (Å²) >= 11 is 0. The molecule has 0 aromatic heterocycles. The largest absolute Gasteiger partial charge is 0.692 e. The Morgan fingerprint density at radius 1 is 1.33 bits per heavy atom. The van der Waals surface area contributed by atoms with Crippen LogP contribution in [0.4, 0.5) is 0 Å². The second-order valence-electron chi connectivity index (χ2n) is 1.21. The molecule has 0 heterocycles. The number of hydrogen-bond acceptors (Lipinski definition) is 2. The summed E-state index contributed by atoms with van der Waals surface area (Å²) in [4.78, 5) is 14.2. The zero-order valence-corrected chi connectivity index (χ0v) is 6.56. The molecule has 0 aliphatic heterocycles. The molecule has 4 nitrogen and oxygen atoms in total. The predicted octanol–water partition coefficient (Wildman–Crippen LogP) is 0.244. The number of nitrogens with one attached hydrogen (secondary N) is 1. The molecule has 0 bridgehead atoms. The van der Waals surface area contributed by atoms with Crippen LogP contribution in [0.2, 0.25) is 0 Å². The third-order valence-electron chi connectivity index (χ3n) is 0.500. The maximum Gasteiger partial charge on any atom is 0.692 e. The Balaban J connectivity index is 0. The molecule has 0 aliphatic carbocycles. The Labute approximate surface area is 55.9 Å². The average molecular weight is 154 g/mol. The average Bonchev–Trinajstić information content (AvgIpc) is 1.66. The van der Waals surface area contributed by atoms with Crippen LogP contribution >= 0.6 is 8.25 Å². The molecule has 0 saturated carbocycles. The normalized spacial score (nSPS) is 7.56. The van der Waals surface area contributed by atoms with Gasteiger partial charge in [0.05, 0.1) is 0 Å². The molecule has 3 N–H and O–H groups in total. The van der Waals surface area contributed by atoms with Crippen molar-refractivity contribution in [2.24, 2.45) is 0 Å². The zero-order chi connectivity index (χ0) is 7.70. The highest BCUT2D eigenvalue weighted by Crippen LogP contribution is 1.98. The van der Waals surface area contributed by atoms with Crippen molar-refractivity contribution < 1.29 is 14.4 Å². The fourth-order valence-electron chi connectivity index (χ4n) is 0.250. The monoisotopic (exact) mass is 154 g/mol. The third-order valence-corrected chi connectivity index (χ3v) is 0.500. The standard InChI is InChI=1S/C4H11N.HO3P/c1-3-5-4-2;1-4(2)3/h5H,3-4H2,1-2H3;(H-,1,2,3)/p+1. The molecule has 0 aliphatic rings. The van der Waals surface area contributed by atoms with Gasteiger partial charge in [0.2, 0.25) is 0 Å².